The second kappa shape index (κ2) is 8.30. The highest BCUT2D eigenvalue weighted by atomic mass is 35.5. The van der Waals surface area contributed by atoms with Gasteiger partial charge in [0.2, 0.25) is 0 Å². The molecule has 2 aromatic carbocycles. The predicted molar refractivity (Wildman–Crippen MR) is 106 cm³/mol. The molecule has 26 heavy (non-hydrogen) atoms. The van der Waals surface area contributed by atoms with Gasteiger partial charge >= 0.3 is 5.97 Å². The Balaban J connectivity index is 1.54. The number of hydrogen-bond acceptors (Lipinski definition) is 4. The Hall–Kier alpha value is -1.75. The molecule has 0 unspecified atom stereocenters. The van der Waals surface area contributed by atoms with Gasteiger partial charge in [-0.05, 0) is 35.4 Å². The number of likely N-dealkylation sites (tertiary alicyclic amines) is 1. The van der Waals surface area contributed by atoms with E-state index in [1.165, 1.54) is 12.7 Å². The van der Waals surface area contributed by atoms with E-state index in [1.54, 1.807) is 0 Å². The van der Waals surface area contributed by atoms with Crippen LogP contribution >= 0.6 is 23.2 Å². The van der Waals surface area contributed by atoms with Crippen LogP contribution in [0.25, 0.3) is 0 Å². The number of ether oxygens (including phenoxy) is 1. The Morgan fingerprint density at radius 2 is 1.77 bits per heavy atom. The Morgan fingerprint density at radius 1 is 1.12 bits per heavy atom. The van der Waals surface area contributed by atoms with E-state index < -0.39 is 0 Å². The molecule has 0 N–H and O–H groups in total. The standard InChI is InChI=1S/C20H22Cl2N2O2/c1-23(10-15-5-8-18(21)19(22)9-15)17-6-3-14(4-7-17)11-24-12-16(13-24)20(25)26-2/h3-9,16H,10-13H2,1-2H3. The van der Waals surface area contributed by atoms with Crippen LogP contribution in [-0.2, 0) is 22.6 Å². The Labute approximate surface area is 164 Å². The molecule has 0 saturated carbocycles. The zero-order valence-electron chi connectivity index (χ0n) is 14.9. The Kier molecular flexibility index (Phi) is 6.07. The maximum atomic E-state index is 11.4. The summed E-state index contributed by atoms with van der Waals surface area (Å²) >= 11 is 12.1. The van der Waals surface area contributed by atoms with E-state index >= 15 is 0 Å². The number of halogens is 2. The van der Waals surface area contributed by atoms with Gasteiger partial charge in [0, 0.05) is 38.9 Å². The van der Waals surface area contributed by atoms with Gasteiger partial charge in [-0.3, -0.25) is 9.69 Å². The molecule has 6 heteroatoms. The number of anilines is 1. The van der Waals surface area contributed by atoms with Crippen molar-refractivity contribution in [1.82, 2.24) is 4.90 Å². The molecule has 138 valence electrons. The van der Waals surface area contributed by atoms with Crippen molar-refractivity contribution in [2.45, 2.75) is 13.1 Å². The van der Waals surface area contributed by atoms with Crippen LogP contribution < -0.4 is 4.90 Å². The van der Waals surface area contributed by atoms with Gasteiger partial charge in [0.05, 0.1) is 23.1 Å². The summed E-state index contributed by atoms with van der Waals surface area (Å²) in [6.45, 7) is 3.14. The lowest BCUT2D eigenvalue weighted by Crippen LogP contribution is -2.49. The minimum atomic E-state index is -0.111. The van der Waals surface area contributed by atoms with Crippen LogP contribution in [0, 0.1) is 5.92 Å². The summed E-state index contributed by atoms with van der Waals surface area (Å²) in [4.78, 5) is 15.8. The minimum Gasteiger partial charge on any atom is -0.469 e. The van der Waals surface area contributed by atoms with Crippen LogP contribution in [0.1, 0.15) is 11.1 Å². The molecule has 3 rings (SSSR count). The molecular weight excluding hydrogens is 371 g/mol. The summed E-state index contributed by atoms with van der Waals surface area (Å²) in [7, 11) is 3.49. The second-order valence-corrected chi connectivity index (χ2v) is 7.50. The van der Waals surface area contributed by atoms with E-state index in [4.69, 9.17) is 27.9 Å². The van der Waals surface area contributed by atoms with E-state index in [0.29, 0.717) is 10.0 Å². The van der Waals surface area contributed by atoms with Gasteiger partial charge in [-0.2, -0.15) is 0 Å². The summed E-state index contributed by atoms with van der Waals surface area (Å²) in [5.74, 6) is -0.0860. The molecule has 1 aliphatic rings. The molecule has 2 aromatic rings. The smallest absolute Gasteiger partial charge is 0.311 e. The summed E-state index contributed by atoms with van der Waals surface area (Å²) in [6.07, 6.45) is 0. The average Bonchev–Trinajstić information content (AvgIpc) is 2.60. The molecule has 0 radical (unpaired) electrons. The third-order valence-corrected chi connectivity index (χ3v) is 5.42. The summed E-state index contributed by atoms with van der Waals surface area (Å²) in [6, 6.07) is 14.2. The number of esters is 1. The summed E-state index contributed by atoms with van der Waals surface area (Å²) < 4.78 is 4.77. The Morgan fingerprint density at radius 3 is 2.38 bits per heavy atom. The molecule has 0 bridgehead atoms. The van der Waals surface area contributed by atoms with Crippen LogP contribution in [0.4, 0.5) is 5.69 Å². The van der Waals surface area contributed by atoms with E-state index in [0.717, 1.165) is 37.4 Å². The summed E-state index contributed by atoms with van der Waals surface area (Å²) in [5, 5.41) is 1.15. The first-order chi connectivity index (χ1) is 12.5. The Bertz CT molecular complexity index is 774. The van der Waals surface area contributed by atoms with Crippen molar-refractivity contribution in [2.24, 2.45) is 5.92 Å². The van der Waals surface area contributed by atoms with Gasteiger partial charge in [-0.15, -0.1) is 0 Å². The number of carbonyl (C=O) groups is 1. The van der Waals surface area contributed by atoms with E-state index in [9.17, 15) is 4.79 Å². The number of benzene rings is 2. The molecule has 1 saturated heterocycles. The average molecular weight is 393 g/mol. The van der Waals surface area contributed by atoms with Crippen molar-refractivity contribution in [2.75, 3.05) is 32.1 Å². The molecule has 0 spiro atoms. The van der Waals surface area contributed by atoms with E-state index in [1.807, 2.05) is 25.2 Å². The number of methoxy groups -OCH3 is 1. The van der Waals surface area contributed by atoms with Crippen LogP contribution in [0.5, 0.6) is 0 Å². The van der Waals surface area contributed by atoms with Crippen molar-refractivity contribution >= 4 is 34.9 Å². The lowest BCUT2D eigenvalue weighted by molar-refractivity contribution is -0.151. The SMILES string of the molecule is COC(=O)C1CN(Cc2ccc(N(C)Cc3ccc(Cl)c(Cl)c3)cc2)C1. The van der Waals surface area contributed by atoms with Gasteiger partial charge in [0.15, 0.2) is 0 Å². The topological polar surface area (TPSA) is 32.8 Å². The maximum Gasteiger partial charge on any atom is 0.311 e. The van der Waals surface area contributed by atoms with Gasteiger partial charge in [0.1, 0.15) is 0 Å². The third kappa shape index (κ3) is 4.50. The summed E-state index contributed by atoms with van der Waals surface area (Å²) in [5.41, 5.74) is 3.48. The minimum absolute atomic E-state index is 0.0246. The van der Waals surface area contributed by atoms with Crippen molar-refractivity contribution in [3.05, 3.63) is 63.6 Å². The van der Waals surface area contributed by atoms with E-state index in [2.05, 4.69) is 34.1 Å². The molecule has 0 aliphatic carbocycles. The third-order valence-electron chi connectivity index (χ3n) is 4.68. The maximum absolute atomic E-state index is 11.4. The monoisotopic (exact) mass is 392 g/mol. The second-order valence-electron chi connectivity index (χ2n) is 6.69. The molecule has 0 amide bonds. The highest BCUT2D eigenvalue weighted by Crippen LogP contribution is 2.25. The van der Waals surface area contributed by atoms with Gasteiger partial charge < -0.3 is 9.64 Å². The van der Waals surface area contributed by atoms with Gasteiger partial charge in [-0.25, -0.2) is 0 Å². The molecule has 0 atom stereocenters. The zero-order chi connectivity index (χ0) is 18.7. The van der Waals surface area contributed by atoms with Gasteiger partial charge in [0.25, 0.3) is 0 Å². The first-order valence-electron chi connectivity index (χ1n) is 8.50. The number of carbonyl (C=O) groups excluding carboxylic acids is 1. The zero-order valence-corrected chi connectivity index (χ0v) is 16.4. The predicted octanol–water partition coefficient (Wildman–Crippen LogP) is 4.23. The highest BCUT2D eigenvalue weighted by molar-refractivity contribution is 6.42. The molecule has 1 aliphatic heterocycles. The number of nitrogens with zero attached hydrogens (tertiary/aromatic N) is 2. The normalized spacial score (nSPS) is 14.8. The van der Waals surface area contributed by atoms with E-state index in [-0.39, 0.29) is 11.9 Å². The van der Waals surface area contributed by atoms with Crippen molar-refractivity contribution in [3.8, 4) is 0 Å². The quantitative estimate of drug-likeness (QED) is 0.688. The fourth-order valence-corrected chi connectivity index (χ4v) is 3.45. The molecular formula is C20H22Cl2N2O2. The lowest BCUT2D eigenvalue weighted by Gasteiger charge is -2.37. The van der Waals surface area contributed by atoms with Gasteiger partial charge in [-0.1, -0.05) is 41.4 Å². The number of hydrogen-bond donors (Lipinski definition) is 0. The molecule has 1 heterocycles. The van der Waals surface area contributed by atoms with Crippen LogP contribution in [-0.4, -0.2) is 38.1 Å². The lowest BCUT2D eigenvalue weighted by atomic mass is 9.99. The molecule has 4 nitrogen and oxygen atoms in total. The fraction of sp³-hybridized carbons (Fsp3) is 0.350. The fourth-order valence-electron chi connectivity index (χ4n) is 3.13. The largest absolute Gasteiger partial charge is 0.469 e. The van der Waals surface area contributed by atoms with Crippen LogP contribution in [0.2, 0.25) is 10.0 Å². The highest BCUT2D eigenvalue weighted by Gasteiger charge is 2.33. The van der Waals surface area contributed by atoms with Crippen molar-refractivity contribution < 1.29 is 9.53 Å². The first kappa shape index (κ1) is 19.0. The van der Waals surface area contributed by atoms with Crippen LogP contribution in [0.15, 0.2) is 42.5 Å². The molecule has 0 aromatic heterocycles. The first-order valence-corrected chi connectivity index (χ1v) is 9.26. The molecule has 1 fully saturated rings. The van der Waals surface area contributed by atoms with Crippen molar-refractivity contribution in [1.29, 1.82) is 0 Å². The van der Waals surface area contributed by atoms with Crippen molar-refractivity contribution in [3.63, 3.8) is 0 Å². The number of rotatable bonds is 6. The van der Waals surface area contributed by atoms with Crippen LogP contribution in [0.3, 0.4) is 0 Å².